The van der Waals surface area contributed by atoms with Crippen LogP contribution in [0.5, 0.6) is 0 Å². The largest absolute Gasteiger partial charge is 0.329 e. The first-order valence-corrected chi connectivity index (χ1v) is 7.80. The zero-order valence-corrected chi connectivity index (χ0v) is 12.5. The van der Waals surface area contributed by atoms with Crippen LogP contribution < -0.4 is 11.2 Å². The van der Waals surface area contributed by atoms with Gasteiger partial charge in [-0.2, -0.15) is 0 Å². The van der Waals surface area contributed by atoms with Crippen LogP contribution in [0.4, 0.5) is 0 Å². The van der Waals surface area contributed by atoms with E-state index in [-0.39, 0.29) is 17.3 Å². The van der Waals surface area contributed by atoms with E-state index in [9.17, 15) is 9.59 Å². The minimum absolute atomic E-state index is 0.132. The monoisotopic (exact) mass is 300 g/mol. The molecule has 0 spiro atoms. The van der Waals surface area contributed by atoms with Crippen molar-refractivity contribution in [3.8, 4) is 0 Å². The van der Waals surface area contributed by atoms with Gasteiger partial charge in [0.15, 0.2) is 0 Å². The average molecular weight is 300 g/mol. The number of nitrogens with one attached hydrogen (secondary N) is 1. The molecule has 1 atom stereocenters. The number of hydrogen-bond acceptors (Lipinski definition) is 3. The van der Waals surface area contributed by atoms with Crippen LogP contribution in [0.25, 0.3) is 10.2 Å². The molecule has 1 N–H and O–H groups in total. The summed E-state index contributed by atoms with van der Waals surface area (Å²) in [5.41, 5.74) is 1.32. The number of aromatic amines is 1. The van der Waals surface area contributed by atoms with Gasteiger partial charge in [-0.3, -0.25) is 9.36 Å². The third-order valence-electron chi connectivity index (χ3n) is 3.67. The summed E-state index contributed by atoms with van der Waals surface area (Å²) in [5.74, 6) is 0. The Bertz CT molecular complexity index is 861. The summed E-state index contributed by atoms with van der Waals surface area (Å²) >= 11 is 1.37. The number of benzene rings is 1. The molecule has 0 radical (unpaired) electrons. The van der Waals surface area contributed by atoms with Gasteiger partial charge >= 0.3 is 5.69 Å². The molecule has 5 heteroatoms. The Morgan fingerprint density at radius 3 is 2.71 bits per heavy atom. The number of nitrogens with zero attached hydrogens (tertiary/aromatic N) is 1. The first kappa shape index (κ1) is 13.8. The molecule has 0 saturated carbocycles. The molecule has 0 fully saturated rings. The highest BCUT2D eigenvalue weighted by atomic mass is 32.1. The number of fused-ring (bicyclic) bond motifs is 1. The smallest absolute Gasteiger partial charge is 0.306 e. The van der Waals surface area contributed by atoms with E-state index in [1.54, 1.807) is 6.07 Å². The SMILES string of the molecule is CC(CCc1ccccc1)n1c(=O)[nH]c2ccsc2c1=O. The standard InChI is InChI=1S/C16H16N2O2S/c1-11(7-8-12-5-3-2-4-6-12)18-15(19)14-13(9-10-21-14)17-16(18)20/h2-6,9-11H,7-8H2,1H3,(H,17,20). The summed E-state index contributed by atoms with van der Waals surface area (Å²) in [4.78, 5) is 27.3. The van der Waals surface area contributed by atoms with Gasteiger partial charge in [-0.05, 0) is 36.8 Å². The van der Waals surface area contributed by atoms with E-state index >= 15 is 0 Å². The molecule has 1 aromatic carbocycles. The van der Waals surface area contributed by atoms with Crippen molar-refractivity contribution in [1.82, 2.24) is 9.55 Å². The van der Waals surface area contributed by atoms with Crippen molar-refractivity contribution in [2.24, 2.45) is 0 Å². The van der Waals surface area contributed by atoms with Gasteiger partial charge < -0.3 is 4.98 Å². The van der Waals surface area contributed by atoms with E-state index in [4.69, 9.17) is 0 Å². The fourth-order valence-electron chi connectivity index (χ4n) is 2.50. The molecule has 0 aliphatic carbocycles. The normalized spacial score (nSPS) is 12.6. The lowest BCUT2D eigenvalue weighted by Gasteiger charge is -2.13. The predicted molar refractivity (Wildman–Crippen MR) is 86.2 cm³/mol. The van der Waals surface area contributed by atoms with Gasteiger partial charge in [0.2, 0.25) is 0 Å². The van der Waals surface area contributed by atoms with Crippen molar-refractivity contribution in [1.29, 1.82) is 0 Å². The molecule has 3 aromatic rings. The van der Waals surface area contributed by atoms with Crippen molar-refractivity contribution >= 4 is 21.6 Å². The van der Waals surface area contributed by atoms with E-state index < -0.39 is 0 Å². The lowest BCUT2D eigenvalue weighted by molar-refractivity contribution is 0.475. The quantitative estimate of drug-likeness (QED) is 0.805. The second-order valence-electron chi connectivity index (χ2n) is 5.14. The molecule has 2 heterocycles. The van der Waals surface area contributed by atoms with Gasteiger partial charge in [-0.1, -0.05) is 30.3 Å². The number of hydrogen-bond donors (Lipinski definition) is 1. The molecule has 1 unspecified atom stereocenters. The van der Waals surface area contributed by atoms with E-state index in [0.29, 0.717) is 10.2 Å². The highest BCUT2D eigenvalue weighted by molar-refractivity contribution is 7.17. The first-order chi connectivity index (χ1) is 10.2. The zero-order chi connectivity index (χ0) is 14.8. The predicted octanol–water partition coefficient (Wildman–Crippen LogP) is 2.95. The van der Waals surface area contributed by atoms with E-state index in [1.165, 1.54) is 21.5 Å². The lowest BCUT2D eigenvalue weighted by atomic mass is 10.1. The fraction of sp³-hybridized carbons (Fsp3) is 0.250. The third-order valence-corrected chi connectivity index (χ3v) is 4.58. The maximum absolute atomic E-state index is 12.4. The molecule has 108 valence electrons. The average Bonchev–Trinajstić information content (AvgIpc) is 2.94. The maximum atomic E-state index is 12.4. The van der Waals surface area contributed by atoms with Crippen LogP contribution in [0.2, 0.25) is 0 Å². The topological polar surface area (TPSA) is 54.9 Å². The minimum atomic E-state index is -0.327. The van der Waals surface area contributed by atoms with Gasteiger partial charge in [0.25, 0.3) is 5.56 Å². The van der Waals surface area contributed by atoms with Crippen molar-refractivity contribution < 1.29 is 0 Å². The molecule has 4 nitrogen and oxygen atoms in total. The number of rotatable bonds is 4. The summed E-state index contributed by atoms with van der Waals surface area (Å²) in [6.45, 7) is 1.92. The summed E-state index contributed by atoms with van der Waals surface area (Å²) in [7, 11) is 0. The molecule has 0 saturated heterocycles. The highest BCUT2D eigenvalue weighted by Gasteiger charge is 2.14. The Labute approximate surface area is 125 Å². The third kappa shape index (κ3) is 2.69. The van der Waals surface area contributed by atoms with Gasteiger partial charge in [0.1, 0.15) is 4.70 Å². The number of aryl methyl sites for hydroxylation is 1. The summed E-state index contributed by atoms with van der Waals surface area (Å²) in [6.07, 6.45) is 1.60. The molecule has 2 aromatic heterocycles. The van der Waals surface area contributed by atoms with Crippen molar-refractivity contribution in [3.63, 3.8) is 0 Å². The van der Waals surface area contributed by atoms with Crippen LogP contribution >= 0.6 is 11.3 Å². The summed E-state index contributed by atoms with van der Waals surface area (Å²) < 4.78 is 1.95. The summed E-state index contributed by atoms with van der Waals surface area (Å²) in [5, 5.41) is 1.82. The van der Waals surface area contributed by atoms with Crippen LogP contribution in [0.15, 0.2) is 51.4 Å². The Morgan fingerprint density at radius 1 is 1.19 bits per heavy atom. The lowest BCUT2D eigenvalue weighted by Crippen LogP contribution is -2.36. The molecule has 0 amide bonds. The van der Waals surface area contributed by atoms with Crippen LogP contribution in [0, 0.1) is 0 Å². The molecule has 3 rings (SSSR count). The van der Waals surface area contributed by atoms with Crippen LogP contribution in [-0.4, -0.2) is 9.55 Å². The van der Waals surface area contributed by atoms with E-state index in [1.807, 2.05) is 30.5 Å². The first-order valence-electron chi connectivity index (χ1n) is 6.93. The Kier molecular flexibility index (Phi) is 3.75. The van der Waals surface area contributed by atoms with E-state index in [0.717, 1.165) is 12.8 Å². The van der Waals surface area contributed by atoms with Gasteiger partial charge in [-0.15, -0.1) is 11.3 Å². The molecule has 0 aliphatic heterocycles. The van der Waals surface area contributed by atoms with Crippen molar-refractivity contribution in [2.75, 3.05) is 0 Å². The highest BCUT2D eigenvalue weighted by Crippen LogP contribution is 2.15. The van der Waals surface area contributed by atoms with Gasteiger partial charge in [0, 0.05) is 6.04 Å². The van der Waals surface area contributed by atoms with Crippen LogP contribution in [-0.2, 0) is 6.42 Å². The molecule has 21 heavy (non-hydrogen) atoms. The molecule has 0 aliphatic rings. The minimum Gasteiger partial charge on any atom is -0.306 e. The van der Waals surface area contributed by atoms with E-state index in [2.05, 4.69) is 17.1 Å². The number of aromatic nitrogens is 2. The zero-order valence-electron chi connectivity index (χ0n) is 11.7. The summed E-state index contributed by atoms with van der Waals surface area (Å²) in [6, 6.07) is 11.7. The second-order valence-corrected chi connectivity index (χ2v) is 6.06. The van der Waals surface area contributed by atoms with Crippen molar-refractivity contribution in [3.05, 3.63) is 68.2 Å². The molecular formula is C16H16N2O2S. The second kappa shape index (κ2) is 5.69. The molecule has 0 bridgehead atoms. The van der Waals surface area contributed by atoms with Crippen molar-refractivity contribution in [2.45, 2.75) is 25.8 Å². The number of H-pyrrole nitrogens is 1. The fourth-order valence-corrected chi connectivity index (χ4v) is 3.29. The maximum Gasteiger partial charge on any atom is 0.329 e. The number of thiophene rings is 1. The Balaban J connectivity index is 1.89. The molecular weight excluding hydrogens is 284 g/mol. The van der Waals surface area contributed by atoms with Gasteiger partial charge in [0.05, 0.1) is 5.52 Å². The van der Waals surface area contributed by atoms with Crippen LogP contribution in [0.1, 0.15) is 24.9 Å². The van der Waals surface area contributed by atoms with Crippen LogP contribution in [0.3, 0.4) is 0 Å². The van der Waals surface area contributed by atoms with Gasteiger partial charge in [-0.25, -0.2) is 4.79 Å². The Hall–Kier alpha value is -2.14. The Morgan fingerprint density at radius 2 is 1.95 bits per heavy atom.